The van der Waals surface area contributed by atoms with Gasteiger partial charge in [0.25, 0.3) is 0 Å². The van der Waals surface area contributed by atoms with Gasteiger partial charge in [-0.3, -0.25) is 0 Å². The fraction of sp³-hybridized carbons (Fsp3) is 0.647. The maximum absolute atomic E-state index is 5.74. The van der Waals surface area contributed by atoms with Crippen LogP contribution in [0.15, 0.2) is 24.3 Å². The second-order valence-corrected chi connectivity index (χ2v) is 5.71. The largest absolute Gasteiger partial charge is 0.492 e. The highest BCUT2D eigenvalue weighted by Crippen LogP contribution is 2.21. The summed E-state index contributed by atoms with van der Waals surface area (Å²) in [7, 11) is 0. The van der Waals surface area contributed by atoms with Gasteiger partial charge in [0.15, 0.2) is 0 Å². The molecule has 2 nitrogen and oxygen atoms in total. The number of hydrogen-bond donors (Lipinski definition) is 1. The molecule has 0 saturated heterocycles. The molecule has 1 N–H and O–H groups in total. The van der Waals surface area contributed by atoms with E-state index in [1.807, 2.05) is 0 Å². The van der Waals surface area contributed by atoms with Crippen molar-refractivity contribution in [3.63, 3.8) is 0 Å². The van der Waals surface area contributed by atoms with Crippen LogP contribution in [0, 0.1) is 5.92 Å². The van der Waals surface area contributed by atoms with Crippen molar-refractivity contribution in [1.82, 2.24) is 5.32 Å². The van der Waals surface area contributed by atoms with E-state index in [0.717, 1.165) is 18.9 Å². The molecule has 108 valence electrons. The molecule has 0 fully saturated rings. The van der Waals surface area contributed by atoms with Crippen LogP contribution in [0.3, 0.4) is 0 Å². The van der Waals surface area contributed by atoms with E-state index >= 15 is 0 Å². The Hall–Kier alpha value is -1.02. The van der Waals surface area contributed by atoms with Gasteiger partial charge < -0.3 is 10.1 Å². The Labute approximate surface area is 118 Å². The Morgan fingerprint density at radius 2 is 1.68 bits per heavy atom. The molecule has 0 spiro atoms. The van der Waals surface area contributed by atoms with Crippen LogP contribution in [0.2, 0.25) is 0 Å². The molecule has 0 radical (unpaired) electrons. The summed E-state index contributed by atoms with van der Waals surface area (Å²) in [5.74, 6) is 2.25. The molecular formula is C17H29NO. The first kappa shape index (κ1) is 16.0. The molecular weight excluding hydrogens is 234 g/mol. The Balaban J connectivity index is 2.30. The highest BCUT2D eigenvalue weighted by atomic mass is 16.5. The van der Waals surface area contributed by atoms with E-state index in [4.69, 9.17) is 4.74 Å². The van der Waals surface area contributed by atoms with E-state index in [2.05, 4.69) is 64.2 Å². The van der Waals surface area contributed by atoms with Crippen LogP contribution in [-0.4, -0.2) is 19.2 Å². The van der Waals surface area contributed by atoms with Crippen molar-refractivity contribution in [1.29, 1.82) is 0 Å². The molecule has 2 atom stereocenters. The molecule has 0 bridgehead atoms. The predicted octanol–water partition coefficient (Wildman–Crippen LogP) is 4.21. The lowest BCUT2D eigenvalue weighted by molar-refractivity contribution is 0.297. The van der Waals surface area contributed by atoms with Gasteiger partial charge in [0, 0.05) is 12.6 Å². The zero-order valence-electron chi connectivity index (χ0n) is 13.1. The summed E-state index contributed by atoms with van der Waals surface area (Å²) in [5.41, 5.74) is 1.39. The molecule has 2 unspecified atom stereocenters. The van der Waals surface area contributed by atoms with E-state index in [1.165, 1.54) is 12.0 Å². The van der Waals surface area contributed by atoms with Gasteiger partial charge in [0.2, 0.25) is 0 Å². The molecule has 2 heteroatoms. The number of ether oxygens (including phenoxy) is 1. The molecule has 0 aromatic heterocycles. The smallest absolute Gasteiger partial charge is 0.119 e. The fourth-order valence-electron chi connectivity index (χ4n) is 1.82. The van der Waals surface area contributed by atoms with Gasteiger partial charge >= 0.3 is 0 Å². The minimum absolute atomic E-state index is 0.538. The van der Waals surface area contributed by atoms with E-state index in [-0.39, 0.29) is 0 Å². The molecule has 0 aliphatic heterocycles. The van der Waals surface area contributed by atoms with Crippen molar-refractivity contribution in [2.24, 2.45) is 5.92 Å². The molecule has 0 saturated carbocycles. The second-order valence-electron chi connectivity index (χ2n) is 5.71. The summed E-state index contributed by atoms with van der Waals surface area (Å²) in [6, 6.07) is 9.04. The van der Waals surface area contributed by atoms with E-state index in [9.17, 15) is 0 Å². The first-order chi connectivity index (χ1) is 9.04. The average molecular weight is 263 g/mol. The van der Waals surface area contributed by atoms with Gasteiger partial charge in [-0.15, -0.1) is 0 Å². The Morgan fingerprint density at radius 3 is 2.21 bits per heavy atom. The van der Waals surface area contributed by atoms with E-state index < -0.39 is 0 Å². The number of nitrogens with one attached hydrogen (secondary N) is 1. The van der Waals surface area contributed by atoms with Crippen LogP contribution in [0.5, 0.6) is 5.75 Å². The third kappa shape index (κ3) is 5.65. The van der Waals surface area contributed by atoms with Gasteiger partial charge in [-0.25, -0.2) is 0 Å². The number of benzene rings is 1. The predicted molar refractivity (Wildman–Crippen MR) is 82.9 cm³/mol. The molecule has 1 rings (SSSR count). The quantitative estimate of drug-likeness (QED) is 0.709. The Bertz CT molecular complexity index is 345. The maximum atomic E-state index is 5.74. The average Bonchev–Trinajstić information content (AvgIpc) is 2.43. The summed E-state index contributed by atoms with van der Waals surface area (Å²) >= 11 is 0. The summed E-state index contributed by atoms with van der Waals surface area (Å²) in [4.78, 5) is 0. The molecule has 19 heavy (non-hydrogen) atoms. The zero-order valence-corrected chi connectivity index (χ0v) is 13.1. The topological polar surface area (TPSA) is 21.3 Å². The highest BCUT2D eigenvalue weighted by Gasteiger charge is 2.05. The van der Waals surface area contributed by atoms with Gasteiger partial charge in [-0.1, -0.05) is 39.8 Å². The van der Waals surface area contributed by atoms with Crippen molar-refractivity contribution in [2.45, 2.75) is 53.0 Å². The van der Waals surface area contributed by atoms with E-state index in [1.54, 1.807) is 0 Å². The van der Waals surface area contributed by atoms with Crippen LogP contribution in [0.25, 0.3) is 0 Å². The van der Waals surface area contributed by atoms with Crippen molar-refractivity contribution < 1.29 is 4.74 Å². The lowest BCUT2D eigenvalue weighted by atomic mass is 9.99. The van der Waals surface area contributed by atoms with Gasteiger partial charge in [0.05, 0.1) is 0 Å². The van der Waals surface area contributed by atoms with Crippen molar-refractivity contribution >= 4 is 0 Å². The van der Waals surface area contributed by atoms with Gasteiger partial charge in [-0.2, -0.15) is 0 Å². The first-order valence-electron chi connectivity index (χ1n) is 7.50. The normalized spacial score (nSPS) is 14.4. The van der Waals surface area contributed by atoms with Crippen LogP contribution in [0.1, 0.15) is 52.5 Å². The lowest BCUT2D eigenvalue weighted by Crippen LogP contribution is -2.33. The minimum atomic E-state index is 0.538. The zero-order chi connectivity index (χ0) is 14.3. The number of rotatable bonds is 8. The SMILES string of the molecule is CCC(C)c1ccc(OCCNC(C)C(C)C)cc1. The number of hydrogen-bond acceptors (Lipinski definition) is 2. The van der Waals surface area contributed by atoms with Crippen LogP contribution < -0.4 is 10.1 Å². The third-order valence-corrected chi connectivity index (χ3v) is 3.90. The summed E-state index contributed by atoms with van der Waals surface area (Å²) in [6.07, 6.45) is 1.18. The van der Waals surface area contributed by atoms with Crippen molar-refractivity contribution in [3.05, 3.63) is 29.8 Å². The molecule has 0 amide bonds. The van der Waals surface area contributed by atoms with Crippen molar-refractivity contribution in [2.75, 3.05) is 13.2 Å². The van der Waals surface area contributed by atoms with Crippen LogP contribution in [0.4, 0.5) is 0 Å². The molecule has 0 aliphatic carbocycles. The lowest BCUT2D eigenvalue weighted by Gasteiger charge is -2.17. The maximum Gasteiger partial charge on any atom is 0.119 e. The molecule has 1 aromatic rings. The summed E-state index contributed by atoms with van der Waals surface area (Å²) in [6.45, 7) is 12.8. The second kappa shape index (κ2) is 8.21. The third-order valence-electron chi connectivity index (χ3n) is 3.90. The fourth-order valence-corrected chi connectivity index (χ4v) is 1.82. The first-order valence-corrected chi connectivity index (χ1v) is 7.50. The highest BCUT2D eigenvalue weighted by molar-refractivity contribution is 5.29. The summed E-state index contributed by atoms with van der Waals surface area (Å²) < 4.78 is 5.74. The standard InChI is InChI=1S/C17H29NO/c1-6-14(4)16-7-9-17(10-8-16)19-12-11-18-15(5)13(2)3/h7-10,13-15,18H,6,11-12H2,1-5H3. The van der Waals surface area contributed by atoms with Crippen LogP contribution >= 0.6 is 0 Å². The van der Waals surface area contributed by atoms with Gasteiger partial charge in [0.1, 0.15) is 12.4 Å². The van der Waals surface area contributed by atoms with Gasteiger partial charge in [-0.05, 0) is 42.9 Å². The Kier molecular flexibility index (Phi) is 6.93. The van der Waals surface area contributed by atoms with E-state index in [0.29, 0.717) is 17.9 Å². The van der Waals surface area contributed by atoms with Crippen molar-refractivity contribution in [3.8, 4) is 5.75 Å². The molecule has 1 aromatic carbocycles. The van der Waals surface area contributed by atoms with Crippen LogP contribution in [-0.2, 0) is 0 Å². The summed E-state index contributed by atoms with van der Waals surface area (Å²) in [5, 5.41) is 3.47. The minimum Gasteiger partial charge on any atom is -0.492 e. The monoisotopic (exact) mass is 263 g/mol. The molecule has 0 aliphatic rings. The molecule has 0 heterocycles. The Morgan fingerprint density at radius 1 is 1.05 bits per heavy atom.